The molecule has 1 aliphatic rings. The fraction of sp³-hybridized carbons (Fsp3) is 0.364. The van der Waals surface area contributed by atoms with Gasteiger partial charge in [0.05, 0.1) is 16.4 Å². The molecule has 0 aromatic heterocycles. The minimum atomic E-state index is -0.414. The van der Waals surface area contributed by atoms with Gasteiger partial charge < -0.3 is 20.4 Å². The van der Waals surface area contributed by atoms with E-state index in [-0.39, 0.29) is 5.91 Å². The molecule has 0 bridgehead atoms. The Hall–Kier alpha value is -2.42. The second-order valence-corrected chi connectivity index (χ2v) is 8.59. The number of nitrogens with zero attached hydrogens (tertiary/aromatic N) is 3. The monoisotopic (exact) mass is 461 g/mol. The Balaban J connectivity index is 1.63. The van der Waals surface area contributed by atoms with Crippen LogP contribution in [0.2, 0.25) is 5.02 Å². The molecule has 1 fully saturated rings. The lowest BCUT2D eigenvalue weighted by Crippen LogP contribution is -2.42. The number of carbonyl (C=O) groups is 2. The topological polar surface area (TPSA) is 67.9 Å². The maximum absolute atomic E-state index is 12.6. The van der Waals surface area contributed by atoms with Crippen LogP contribution in [0.4, 0.5) is 27.5 Å². The third kappa shape index (κ3) is 6.06. The summed E-state index contributed by atoms with van der Waals surface area (Å²) in [6, 6.07) is 12.4. The smallest absolute Gasteiger partial charge is 0.336 e. The van der Waals surface area contributed by atoms with E-state index in [1.165, 1.54) is 11.2 Å². The molecule has 2 aromatic rings. The van der Waals surface area contributed by atoms with Crippen molar-refractivity contribution in [2.75, 3.05) is 47.0 Å². The van der Waals surface area contributed by atoms with Gasteiger partial charge in [-0.2, -0.15) is 0 Å². The lowest BCUT2D eigenvalue weighted by atomic mass is 10.0. The number of nitrogens with one attached hydrogen (secondary N) is 2. The second-order valence-electron chi connectivity index (χ2n) is 7.78. The number of likely N-dealkylation sites (tertiary alicyclic amines) is 1. The third-order valence-electron chi connectivity index (χ3n) is 5.44. The Labute approximate surface area is 193 Å². The van der Waals surface area contributed by atoms with E-state index < -0.39 is 6.03 Å². The summed E-state index contributed by atoms with van der Waals surface area (Å²) < 4.78 is 1.20. The quantitative estimate of drug-likeness (QED) is 0.564. The number of carbonyl (C=O) groups excluding carboxylic acids is 2. The summed E-state index contributed by atoms with van der Waals surface area (Å²) in [6.45, 7) is 3.59. The Morgan fingerprint density at radius 2 is 1.68 bits per heavy atom. The number of piperidine rings is 1. The SMILES string of the molecule is CC(=O)Nc1ccc(N(S)C(=O)Nc2ccc(N(C)C3CCN(C)CC3)c(Cl)c2)cc1. The molecule has 0 atom stereocenters. The molecule has 0 saturated carbocycles. The van der Waals surface area contributed by atoms with Crippen LogP contribution < -0.4 is 19.8 Å². The number of hydrogen-bond acceptors (Lipinski definition) is 5. The normalized spacial score (nSPS) is 14.7. The Bertz CT molecular complexity index is 932. The van der Waals surface area contributed by atoms with Gasteiger partial charge in [0.2, 0.25) is 5.91 Å². The van der Waals surface area contributed by atoms with E-state index in [9.17, 15) is 9.59 Å². The van der Waals surface area contributed by atoms with Gasteiger partial charge in [-0.15, -0.1) is 0 Å². The van der Waals surface area contributed by atoms with Crippen LogP contribution in [0.15, 0.2) is 42.5 Å². The van der Waals surface area contributed by atoms with Crippen molar-refractivity contribution in [2.24, 2.45) is 0 Å². The fourth-order valence-electron chi connectivity index (χ4n) is 3.63. The summed E-state index contributed by atoms with van der Waals surface area (Å²) in [5.41, 5.74) is 2.75. The van der Waals surface area contributed by atoms with Crippen LogP contribution in [-0.2, 0) is 4.79 Å². The van der Waals surface area contributed by atoms with E-state index >= 15 is 0 Å². The number of anilines is 4. The second kappa shape index (κ2) is 10.3. The molecule has 9 heteroatoms. The molecule has 166 valence electrons. The highest BCUT2D eigenvalue weighted by Gasteiger charge is 2.22. The molecule has 7 nitrogen and oxygen atoms in total. The first kappa shape index (κ1) is 23.2. The van der Waals surface area contributed by atoms with E-state index in [1.54, 1.807) is 30.3 Å². The average molecular weight is 462 g/mol. The van der Waals surface area contributed by atoms with Gasteiger partial charge >= 0.3 is 6.03 Å². The maximum Gasteiger partial charge on any atom is 0.336 e. The molecule has 2 aromatic carbocycles. The van der Waals surface area contributed by atoms with Gasteiger partial charge in [0.15, 0.2) is 0 Å². The van der Waals surface area contributed by atoms with E-state index in [2.05, 4.69) is 47.3 Å². The molecular weight excluding hydrogens is 434 g/mol. The van der Waals surface area contributed by atoms with Crippen molar-refractivity contribution in [3.8, 4) is 0 Å². The molecular formula is C22H28ClN5O2S. The summed E-state index contributed by atoms with van der Waals surface area (Å²) in [5, 5.41) is 6.08. The number of hydrogen-bond donors (Lipinski definition) is 3. The highest BCUT2D eigenvalue weighted by atomic mass is 35.5. The molecule has 3 rings (SSSR count). The molecule has 0 radical (unpaired) electrons. The van der Waals surface area contributed by atoms with Gasteiger partial charge in [0, 0.05) is 31.4 Å². The van der Waals surface area contributed by atoms with Crippen LogP contribution in [-0.4, -0.2) is 50.1 Å². The number of amides is 3. The summed E-state index contributed by atoms with van der Waals surface area (Å²) in [4.78, 5) is 28.3. The van der Waals surface area contributed by atoms with Crippen molar-refractivity contribution in [3.05, 3.63) is 47.5 Å². The van der Waals surface area contributed by atoms with Crippen LogP contribution in [0.3, 0.4) is 0 Å². The fourth-order valence-corrected chi connectivity index (χ4v) is 4.13. The van der Waals surface area contributed by atoms with Gasteiger partial charge in [-0.3, -0.25) is 4.79 Å². The van der Waals surface area contributed by atoms with Crippen molar-refractivity contribution in [2.45, 2.75) is 25.8 Å². The molecule has 0 aliphatic carbocycles. The Kier molecular flexibility index (Phi) is 7.69. The van der Waals surface area contributed by atoms with Gasteiger partial charge in [-0.05, 0) is 75.4 Å². The predicted octanol–water partition coefficient (Wildman–Crippen LogP) is 4.71. The zero-order valence-corrected chi connectivity index (χ0v) is 19.6. The number of benzene rings is 2. The Morgan fingerprint density at radius 3 is 2.26 bits per heavy atom. The third-order valence-corrected chi connectivity index (χ3v) is 6.15. The standard InChI is InChI=1S/C22H28ClN5O2S/c1-15(29)24-16-4-7-19(8-5-16)28(31)22(30)25-17-6-9-21(20(23)14-17)27(3)18-10-12-26(2)13-11-18/h4-9,14,18,31H,10-13H2,1-3H3,(H,24,29)(H,25,30). The van der Waals surface area contributed by atoms with Crippen LogP contribution in [0.25, 0.3) is 0 Å². The number of urea groups is 1. The summed E-state index contributed by atoms with van der Waals surface area (Å²) in [6.07, 6.45) is 2.19. The van der Waals surface area contributed by atoms with Gasteiger partial charge in [0.25, 0.3) is 0 Å². The highest BCUT2D eigenvalue weighted by molar-refractivity contribution is 7.82. The minimum Gasteiger partial charge on any atom is -0.370 e. The first-order valence-electron chi connectivity index (χ1n) is 10.1. The van der Waals surface area contributed by atoms with E-state index in [4.69, 9.17) is 11.6 Å². The molecule has 0 spiro atoms. The predicted molar refractivity (Wildman–Crippen MR) is 132 cm³/mol. The lowest BCUT2D eigenvalue weighted by molar-refractivity contribution is -0.114. The zero-order chi connectivity index (χ0) is 22.5. The van der Waals surface area contributed by atoms with Crippen LogP contribution in [0, 0.1) is 0 Å². The van der Waals surface area contributed by atoms with Crippen LogP contribution in [0.5, 0.6) is 0 Å². The minimum absolute atomic E-state index is 0.157. The summed E-state index contributed by atoms with van der Waals surface area (Å²) in [7, 11) is 4.21. The van der Waals surface area contributed by atoms with Crippen LogP contribution in [0.1, 0.15) is 19.8 Å². The van der Waals surface area contributed by atoms with Crippen molar-refractivity contribution >= 4 is 59.1 Å². The largest absolute Gasteiger partial charge is 0.370 e. The molecule has 1 saturated heterocycles. The number of halogens is 1. The average Bonchev–Trinajstić information content (AvgIpc) is 2.73. The Morgan fingerprint density at radius 1 is 1.06 bits per heavy atom. The molecule has 3 amide bonds. The van der Waals surface area contributed by atoms with Crippen molar-refractivity contribution in [1.29, 1.82) is 0 Å². The van der Waals surface area contributed by atoms with Gasteiger partial charge in [-0.25, -0.2) is 9.10 Å². The van der Waals surface area contributed by atoms with Crippen molar-refractivity contribution in [1.82, 2.24) is 4.90 Å². The maximum atomic E-state index is 12.6. The first-order chi connectivity index (χ1) is 14.7. The lowest BCUT2D eigenvalue weighted by Gasteiger charge is -2.36. The molecule has 1 aliphatic heterocycles. The number of thiol groups is 1. The highest BCUT2D eigenvalue weighted by Crippen LogP contribution is 2.32. The van der Waals surface area contributed by atoms with Crippen molar-refractivity contribution in [3.63, 3.8) is 0 Å². The number of rotatable bonds is 5. The molecule has 1 heterocycles. The van der Waals surface area contributed by atoms with Crippen LogP contribution >= 0.6 is 24.4 Å². The first-order valence-corrected chi connectivity index (χ1v) is 10.9. The molecule has 2 N–H and O–H groups in total. The molecule has 31 heavy (non-hydrogen) atoms. The molecule has 0 unspecified atom stereocenters. The van der Waals surface area contributed by atoms with Gasteiger partial charge in [-0.1, -0.05) is 24.4 Å². The van der Waals surface area contributed by atoms with E-state index in [0.717, 1.165) is 31.6 Å². The van der Waals surface area contributed by atoms with Crippen molar-refractivity contribution < 1.29 is 9.59 Å². The zero-order valence-electron chi connectivity index (χ0n) is 17.9. The summed E-state index contributed by atoms with van der Waals surface area (Å²) >= 11 is 10.8. The van der Waals surface area contributed by atoms with E-state index in [1.807, 2.05) is 12.1 Å². The van der Waals surface area contributed by atoms with E-state index in [0.29, 0.717) is 28.1 Å². The summed E-state index contributed by atoms with van der Waals surface area (Å²) in [5.74, 6) is -0.157. The van der Waals surface area contributed by atoms with Gasteiger partial charge in [0.1, 0.15) is 0 Å².